The largest absolute Gasteiger partial charge is 0.481 e. The number of carbonyl (C=O) groups is 3. The van der Waals surface area contributed by atoms with Gasteiger partial charge in [0.15, 0.2) is 0 Å². The van der Waals surface area contributed by atoms with Gasteiger partial charge in [-0.25, -0.2) is 0 Å². The number of anilines is 1. The van der Waals surface area contributed by atoms with E-state index < -0.39 is 16.9 Å². The number of carbonyl (C=O) groups excluding carboxylic acids is 2. The van der Waals surface area contributed by atoms with Crippen molar-refractivity contribution in [2.45, 2.75) is 36.6 Å². The van der Waals surface area contributed by atoms with Crippen molar-refractivity contribution in [3.63, 3.8) is 0 Å². The summed E-state index contributed by atoms with van der Waals surface area (Å²) in [7, 11) is 3.63. The SMILES string of the molecule is CN(C)C(=O)C(CCN1CCC2(CC1)C(=O)N(CCC(=O)O)CN2c1ccccc1)(c1ccccc1)c1ccccc1. The van der Waals surface area contributed by atoms with Gasteiger partial charge in [-0.15, -0.1) is 0 Å². The van der Waals surface area contributed by atoms with Crippen LogP contribution in [0.1, 0.15) is 36.8 Å². The second-order valence-corrected chi connectivity index (χ2v) is 11.6. The number of aliphatic carboxylic acids is 1. The second kappa shape index (κ2) is 12.4. The van der Waals surface area contributed by atoms with Crippen molar-refractivity contribution < 1.29 is 19.5 Å². The summed E-state index contributed by atoms with van der Waals surface area (Å²) in [6.45, 7) is 2.70. The van der Waals surface area contributed by atoms with Crippen LogP contribution in [0.2, 0.25) is 0 Å². The molecule has 1 spiro atoms. The summed E-state index contributed by atoms with van der Waals surface area (Å²) in [5.74, 6) is -0.848. The molecule has 0 atom stereocenters. The predicted octanol–water partition coefficient (Wildman–Crippen LogP) is 4.07. The monoisotopic (exact) mass is 568 g/mol. The summed E-state index contributed by atoms with van der Waals surface area (Å²) in [5.41, 5.74) is 1.37. The molecular formula is C34H40N4O4. The molecule has 2 aliphatic heterocycles. The van der Waals surface area contributed by atoms with Gasteiger partial charge in [0.1, 0.15) is 11.0 Å². The molecule has 3 aromatic rings. The van der Waals surface area contributed by atoms with Crippen LogP contribution in [-0.4, -0.2) is 90.1 Å². The van der Waals surface area contributed by atoms with Crippen LogP contribution in [0.5, 0.6) is 0 Å². The highest BCUT2D eigenvalue weighted by molar-refractivity contribution is 5.94. The maximum absolute atomic E-state index is 14.0. The van der Waals surface area contributed by atoms with Crippen molar-refractivity contribution in [2.24, 2.45) is 0 Å². The maximum atomic E-state index is 14.0. The second-order valence-electron chi connectivity index (χ2n) is 11.6. The fraction of sp³-hybridized carbons (Fsp3) is 0.382. The molecule has 8 heteroatoms. The Balaban J connectivity index is 1.39. The van der Waals surface area contributed by atoms with Gasteiger partial charge in [-0.2, -0.15) is 0 Å². The predicted molar refractivity (Wildman–Crippen MR) is 163 cm³/mol. The molecule has 0 unspecified atom stereocenters. The van der Waals surface area contributed by atoms with E-state index >= 15 is 0 Å². The highest BCUT2D eigenvalue weighted by Gasteiger charge is 2.54. The third-order valence-electron chi connectivity index (χ3n) is 8.97. The molecule has 5 rings (SSSR count). The molecular weight excluding hydrogens is 528 g/mol. The summed E-state index contributed by atoms with van der Waals surface area (Å²) >= 11 is 0. The van der Waals surface area contributed by atoms with E-state index in [0.29, 0.717) is 45.6 Å². The first kappa shape index (κ1) is 29.3. The number of likely N-dealkylation sites (N-methyl/N-ethyl adjacent to an activating group) is 1. The number of nitrogens with zero attached hydrogens (tertiary/aromatic N) is 4. The van der Waals surface area contributed by atoms with Crippen molar-refractivity contribution in [3.8, 4) is 0 Å². The number of carboxylic acids is 1. The Morgan fingerprint density at radius 2 is 1.36 bits per heavy atom. The molecule has 2 fully saturated rings. The Morgan fingerprint density at radius 1 is 0.833 bits per heavy atom. The molecule has 8 nitrogen and oxygen atoms in total. The summed E-state index contributed by atoms with van der Waals surface area (Å²) in [5, 5.41) is 9.26. The van der Waals surface area contributed by atoms with Gasteiger partial charge in [-0.05, 0) is 49.1 Å². The number of piperidine rings is 1. The Hall–Kier alpha value is -4.17. The van der Waals surface area contributed by atoms with Crippen LogP contribution in [0.3, 0.4) is 0 Å². The average molecular weight is 569 g/mol. The van der Waals surface area contributed by atoms with Gasteiger partial charge in [0.05, 0.1) is 13.1 Å². The van der Waals surface area contributed by atoms with E-state index in [1.807, 2.05) is 105 Å². The number of benzene rings is 3. The molecule has 0 bridgehead atoms. The summed E-state index contributed by atoms with van der Waals surface area (Å²) < 4.78 is 0. The van der Waals surface area contributed by atoms with E-state index in [-0.39, 0.29) is 24.8 Å². The van der Waals surface area contributed by atoms with E-state index in [1.54, 1.807) is 9.80 Å². The van der Waals surface area contributed by atoms with Crippen LogP contribution in [0, 0.1) is 0 Å². The quantitative estimate of drug-likeness (QED) is 0.397. The minimum absolute atomic E-state index is 0.0120. The maximum Gasteiger partial charge on any atom is 0.305 e. The minimum atomic E-state index is -0.905. The van der Waals surface area contributed by atoms with Gasteiger partial charge in [-0.3, -0.25) is 14.4 Å². The first-order valence-corrected chi connectivity index (χ1v) is 14.7. The van der Waals surface area contributed by atoms with E-state index in [2.05, 4.69) is 9.80 Å². The molecule has 42 heavy (non-hydrogen) atoms. The Morgan fingerprint density at radius 3 is 1.86 bits per heavy atom. The lowest BCUT2D eigenvalue weighted by Crippen LogP contribution is -2.57. The van der Waals surface area contributed by atoms with Crippen molar-refractivity contribution in [1.29, 1.82) is 0 Å². The summed E-state index contributed by atoms with van der Waals surface area (Å²) in [4.78, 5) is 47.1. The van der Waals surface area contributed by atoms with Gasteiger partial charge < -0.3 is 24.7 Å². The Labute approximate surface area is 248 Å². The molecule has 0 aliphatic carbocycles. The van der Waals surface area contributed by atoms with Crippen molar-refractivity contribution >= 4 is 23.5 Å². The third kappa shape index (κ3) is 5.51. The molecule has 2 saturated heterocycles. The average Bonchev–Trinajstić information content (AvgIpc) is 3.29. The zero-order chi connectivity index (χ0) is 29.7. The van der Waals surface area contributed by atoms with E-state index in [4.69, 9.17) is 0 Å². The fourth-order valence-corrected chi connectivity index (χ4v) is 6.71. The van der Waals surface area contributed by atoms with Crippen LogP contribution in [0.25, 0.3) is 0 Å². The van der Waals surface area contributed by atoms with Gasteiger partial charge in [0.2, 0.25) is 11.8 Å². The first-order valence-electron chi connectivity index (χ1n) is 14.7. The molecule has 0 aromatic heterocycles. The molecule has 1 N–H and O–H groups in total. The zero-order valence-corrected chi connectivity index (χ0v) is 24.5. The van der Waals surface area contributed by atoms with E-state index in [1.165, 1.54) is 0 Å². The van der Waals surface area contributed by atoms with Crippen molar-refractivity contribution in [1.82, 2.24) is 14.7 Å². The lowest BCUT2D eigenvalue weighted by atomic mass is 9.70. The number of para-hydroxylation sites is 1. The molecule has 220 valence electrons. The van der Waals surface area contributed by atoms with Crippen molar-refractivity contribution in [3.05, 3.63) is 102 Å². The topological polar surface area (TPSA) is 84.4 Å². The van der Waals surface area contributed by atoms with Gasteiger partial charge >= 0.3 is 5.97 Å². The molecule has 0 radical (unpaired) electrons. The lowest BCUT2D eigenvalue weighted by molar-refractivity contribution is -0.138. The number of carboxylic acid groups (broad SMARTS) is 1. The zero-order valence-electron chi connectivity index (χ0n) is 24.5. The minimum Gasteiger partial charge on any atom is -0.481 e. The number of rotatable bonds is 10. The van der Waals surface area contributed by atoms with Gasteiger partial charge in [-0.1, -0.05) is 78.9 Å². The third-order valence-corrected chi connectivity index (χ3v) is 8.97. The highest BCUT2D eigenvalue weighted by Crippen LogP contribution is 2.41. The first-order chi connectivity index (χ1) is 20.3. The van der Waals surface area contributed by atoms with E-state index in [0.717, 1.165) is 16.8 Å². The van der Waals surface area contributed by atoms with Crippen LogP contribution in [-0.2, 0) is 19.8 Å². The van der Waals surface area contributed by atoms with Gasteiger partial charge in [0, 0.05) is 39.4 Å². The highest BCUT2D eigenvalue weighted by atomic mass is 16.4. The number of amides is 2. The molecule has 0 saturated carbocycles. The number of hydrogen-bond acceptors (Lipinski definition) is 5. The molecule has 2 heterocycles. The Bertz CT molecular complexity index is 1330. The van der Waals surface area contributed by atoms with Crippen LogP contribution in [0.4, 0.5) is 5.69 Å². The van der Waals surface area contributed by atoms with Crippen LogP contribution < -0.4 is 4.90 Å². The normalized spacial score (nSPS) is 17.0. The standard InChI is InChI=1S/C34H40N4O4/c1-35(2)32(42)34(27-12-6-3-7-13-27,28-14-8-4-9-15-28)21-25-36-23-19-33(20-24-36)31(41)37(22-18-30(39)40)26-38(33)29-16-10-5-11-17-29/h3-17H,18-26H2,1-2H3,(H,39,40). The fourth-order valence-electron chi connectivity index (χ4n) is 6.71. The summed E-state index contributed by atoms with van der Waals surface area (Å²) in [6.07, 6.45) is 1.80. The lowest BCUT2D eigenvalue weighted by Gasteiger charge is -2.44. The summed E-state index contributed by atoms with van der Waals surface area (Å²) in [6, 6.07) is 30.0. The molecule has 2 aliphatic rings. The van der Waals surface area contributed by atoms with Crippen molar-refractivity contribution in [2.75, 3.05) is 51.8 Å². The number of hydrogen-bond donors (Lipinski definition) is 1. The molecule has 2 amide bonds. The Kier molecular flexibility index (Phi) is 8.64. The number of likely N-dealkylation sites (tertiary alicyclic amines) is 1. The van der Waals surface area contributed by atoms with Crippen LogP contribution in [0.15, 0.2) is 91.0 Å². The molecule has 3 aromatic carbocycles. The van der Waals surface area contributed by atoms with Gasteiger partial charge in [0.25, 0.3) is 0 Å². The van der Waals surface area contributed by atoms with Crippen LogP contribution >= 0.6 is 0 Å². The smallest absolute Gasteiger partial charge is 0.305 e. The van der Waals surface area contributed by atoms with E-state index in [9.17, 15) is 19.5 Å².